The Kier molecular flexibility index (Phi) is 6.50. The fourth-order valence-corrected chi connectivity index (χ4v) is 4.64. The SMILES string of the molecule is CN=C/C(=C\N)[C@@H]1CN(CC(F)F)CC[C@H]1Cc1c(C)cc(C)c2[nH]ccc12.[HH]. The molecule has 4 nitrogen and oxygen atoms in total. The molecule has 1 aliphatic rings. The minimum Gasteiger partial charge on any atom is -0.404 e. The van der Waals surface area contributed by atoms with E-state index in [1.807, 2.05) is 11.1 Å². The number of likely N-dealkylation sites (tertiary alicyclic amines) is 1. The lowest BCUT2D eigenvalue weighted by Crippen LogP contribution is -2.44. The number of nitrogens with one attached hydrogen (secondary N) is 1. The van der Waals surface area contributed by atoms with Gasteiger partial charge in [0.25, 0.3) is 6.43 Å². The van der Waals surface area contributed by atoms with Gasteiger partial charge in [-0.1, -0.05) is 6.07 Å². The maximum Gasteiger partial charge on any atom is 0.251 e. The van der Waals surface area contributed by atoms with E-state index < -0.39 is 6.43 Å². The molecule has 1 aromatic heterocycles. The number of H-pyrrole nitrogens is 1. The van der Waals surface area contributed by atoms with Crippen molar-refractivity contribution in [3.8, 4) is 0 Å². The summed E-state index contributed by atoms with van der Waals surface area (Å²) in [5.74, 6) is 0.428. The number of aryl methyl sites for hydroxylation is 2. The van der Waals surface area contributed by atoms with Crippen LogP contribution in [0.15, 0.2) is 35.1 Å². The zero-order valence-corrected chi connectivity index (χ0v) is 16.9. The third-order valence-electron chi connectivity index (χ3n) is 5.98. The first-order valence-electron chi connectivity index (χ1n) is 9.85. The monoisotopic (exact) mass is 390 g/mol. The number of aromatic amines is 1. The van der Waals surface area contributed by atoms with Gasteiger partial charge >= 0.3 is 0 Å². The summed E-state index contributed by atoms with van der Waals surface area (Å²) in [7, 11) is 1.71. The molecule has 2 aromatic rings. The third kappa shape index (κ3) is 4.27. The summed E-state index contributed by atoms with van der Waals surface area (Å²) in [6.45, 7) is 5.37. The first kappa shape index (κ1) is 20.5. The van der Waals surface area contributed by atoms with Gasteiger partial charge in [-0.05, 0) is 73.7 Å². The first-order valence-corrected chi connectivity index (χ1v) is 9.85. The van der Waals surface area contributed by atoms with Crippen molar-refractivity contribution in [1.29, 1.82) is 0 Å². The van der Waals surface area contributed by atoms with Crippen LogP contribution in [0.2, 0.25) is 0 Å². The molecule has 1 fully saturated rings. The average Bonchev–Trinajstić information content (AvgIpc) is 3.14. The second-order valence-corrected chi connectivity index (χ2v) is 7.82. The van der Waals surface area contributed by atoms with Crippen molar-refractivity contribution in [3.63, 3.8) is 0 Å². The summed E-state index contributed by atoms with van der Waals surface area (Å²) in [5.41, 5.74) is 11.9. The summed E-state index contributed by atoms with van der Waals surface area (Å²) in [6.07, 6.45) is 4.80. The van der Waals surface area contributed by atoms with Gasteiger partial charge in [0.15, 0.2) is 0 Å². The Hall–Kier alpha value is -2.21. The smallest absolute Gasteiger partial charge is 0.251 e. The van der Waals surface area contributed by atoms with E-state index in [0.29, 0.717) is 19.0 Å². The largest absolute Gasteiger partial charge is 0.404 e. The molecule has 0 saturated carbocycles. The molecule has 3 rings (SSSR count). The maximum atomic E-state index is 12.9. The molecule has 2 heterocycles. The molecule has 6 heteroatoms. The average molecular weight is 391 g/mol. The van der Waals surface area contributed by atoms with E-state index in [1.54, 1.807) is 19.5 Å². The normalized spacial score (nSPS) is 22.0. The van der Waals surface area contributed by atoms with Gasteiger partial charge in [0, 0.05) is 44.3 Å². The molecule has 0 aliphatic carbocycles. The van der Waals surface area contributed by atoms with Gasteiger partial charge in [-0.3, -0.25) is 9.89 Å². The third-order valence-corrected chi connectivity index (χ3v) is 5.98. The van der Waals surface area contributed by atoms with Crippen molar-refractivity contribution in [2.24, 2.45) is 22.6 Å². The van der Waals surface area contributed by atoms with Crippen LogP contribution in [0.3, 0.4) is 0 Å². The molecule has 1 aromatic carbocycles. The number of rotatable bonds is 6. The second-order valence-electron chi connectivity index (χ2n) is 7.82. The number of hydrogen-bond donors (Lipinski definition) is 2. The van der Waals surface area contributed by atoms with Crippen LogP contribution < -0.4 is 5.73 Å². The topological polar surface area (TPSA) is 57.4 Å². The van der Waals surface area contributed by atoms with Crippen LogP contribution >= 0.6 is 0 Å². The Balaban J connectivity index is 0.00000300. The number of hydrogen-bond acceptors (Lipinski definition) is 3. The lowest BCUT2D eigenvalue weighted by Gasteiger charge is -2.39. The van der Waals surface area contributed by atoms with E-state index in [-0.39, 0.29) is 13.9 Å². The van der Waals surface area contributed by atoms with Crippen LogP contribution in [-0.4, -0.2) is 49.2 Å². The van der Waals surface area contributed by atoms with Crippen LogP contribution in [0, 0.1) is 25.7 Å². The number of alkyl halides is 2. The van der Waals surface area contributed by atoms with Gasteiger partial charge in [0.1, 0.15) is 0 Å². The Morgan fingerprint density at radius 1 is 1.43 bits per heavy atom. The minimum absolute atomic E-state index is 0. The summed E-state index contributed by atoms with van der Waals surface area (Å²) in [6, 6.07) is 4.36. The van der Waals surface area contributed by atoms with Crippen molar-refractivity contribution in [2.75, 3.05) is 26.7 Å². The fraction of sp³-hybridized carbons (Fsp3) is 0.500. The number of aromatic nitrogens is 1. The number of nitrogens with two attached hydrogens (primary N) is 1. The first-order chi connectivity index (χ1) is 13.4. The van der Waals surface area contributed by atoms with Gasteiger partial charge in [-0.15, -0.1) is 0 Å². The van der Waals surface area contributed by atoms with Crippen LogP contribution in [0.25, 0.3) is 10.9 Å². The standard InChI is InChI=1S/C22H30F2N4.H2/c1-14-8-15(2)22-18(4-6-27-22)19(14)9-16-5-7-28(13-21(23)24)12-20(16)17(10-25)11-26-3;/h4,6,8,10-11,16,20-21,27H,5,7,9,12-13,25H2,1-3H3;1H/b17-10+,26-11?;/t16-,20+;/m0./s1. The molecular weight excluding hydrogens is 358 g/mol. The van der Waals surface area contributed by atoms with E-state index >= 15 is 0 Å². The number of halogens is 2. The Morgan fingerprint density at radius 3 is 2.89 bits per heavy atom. The number of fused-ring (bicyclic) bond motifs is 1. The molecule has 0 amide bonds. The van der Waals surface area contributed by atoms with E-state index in [1.165, 1.54) is 27.6 Å². The highest BCUT2D eigenvalue weighted by atomic mass is 19.3. The minimum atomic E-state index is -2.32. The second kappa shape index (κ2) is 8.86. The van der Waals surface area contributed by atoms with Crippen molar-refractivity contribution >= 4 is 17.1 Å². The van der Waals surface area contributed by atoms with Gasteiger partial charge in [-0.25, -0.2) is 8.78 Å². The summed E-state index contributed by atoms with van der Waals surface area (Å²) < 4.78 is 25.9. The van der Waals surface area contributed by atoms with Crippen molar-refractivity contribution in [2.45, 2.75) is 33.1 Å². The lowest BCUT2D eigenvalue weighted by molar-refractivity contribution is 0.0550. The fourth-order valence-electron chi connectivity index (χ4n) is 4.64. The van der Waals surface area contributed by atoms with Gasteiger partial charge in [-0.2, -0.15) is 0 Å². The molecule has 0 radical (unpaired) electrons. The van der Waals surface area contributed by atoms with Gasteiger partial charge < -0.3 is 10.7 Å². The number of aliphatic imine (C=N–C) groups is 1. The Labute approximate surface area is 167 Å². The highest BCUT2D eigenvalue weighted by Gasteiger charge is 2.33. The van der Waals surface area contributed by atoms with E-state index in [4.69, 9.17) is 5.73 Å². The van der Waals surface area contributed by atoms with Crippen LogP contribution in [0.4, 0.5) is 8.78 Å². The number of piperidine rings is 1. The quantitative estimate of drug-likeness (QED) is 0.722. The van der Waals surface area contributed by atoms with Crippen molar-refractivity contribution < 1.29 is 10.2 Å². The zero-order chi connectivity index (χ0) is 20.3. The summed E-state index contributed by atoms with van der Waals surface area (Å²) >= 11 is 0. The molecular formula is C22H32F2N4. The molecule has 0 spiro atoms. The molecule has 0 bridgehead atoms. The van der Waals surface area contributed by atoms with Crippen LogP contribution in [0.1, 0.15) is 24.5 Å². The molecule has 1 saturated heterocycles. The maximum absolute atomic E-state index is 12.9. The molecule has 0 unspecified atom stereocenters. The lowest BCUT2D eigenvalue weighted by atomic mass is 9.76. The highest BCUT2D eigenvalue weighted by molar-refractivity contribution is 5.87. The van der Waals surface area contributed by atoms with Gasteiger partial charge in [0.05, 0.1) is 6.54 Å². The molecule has 3 N–H and O–H groups in total. The number of benzene rings is 1. The highest BCUT2D eigenvalue weighted by Crippen LogP contribution is 2.35. The van der Waals surface area contributed by atoms with E-state index in [2.05, 4.69) is 36.0 Å². The molecule has 154 valence electrons. The Morgan fingerprint density at radius 2 is 2.21 bits per heavy atom. The van der Waals surface area contributed by atoms with Gasteiger partial charge in [0.2, 0.25) is 0 Å². The molecule has 2 atom stereocenters. The zero-order valence-electron chi connectivity index (χ0n) is 16.9. The van der Waals surface area contributed by atoms with Crippen molar-refractivity contribution in [3.05, 3.63) is 46.8 Å². The Bertz CT molecular complexity index is 875. The van der Waals surface area contributed by atoms with E-state index in [9.17, 15) is 8.78 Å². The van der Waals surface area contributed by atoms with Crippen LogP contribution in [0.5, 0.6) is 0 Å². The van der Waals surface area contributed by atoms with Crippen molar-refractivity contribution in [1.82, 2.24) is 9.88 Å². The van der Waals surface area contributed by atoms with Crippen LogP contribution in [-0.2, 0) is 6.42 Å². The van der Waals surface area contributed by atoms with E-state index in [0.717, 1.165) is 18.4 Å². The predicted molar refractivity (Wildman–Crippen MR) is 114 cm³/mol. The predicted octanol–water partition coefficient (Wildman–Crippen LogP) is 4.32. The summed E-state index contributed by atoms with van der Waals surface area (Å²) in [5, 5.41) is 1.26. The molecule has 1 aliphatic heterocycles. The molecule has 28 heavy (non-hydrogen) atoms. The number of nitrogens with zero attached hydrogens (tertiary/aromatic N) is 2. The summed E-state index contributed by atoms with van der Waals surface area (Å²) in [4.78, 5) is 9.33.